The second-order valence-electron chi connectivity index (χ2n) is 7.30. The predicted octanol–water partition coefficient (Wildman–Crippen LogP) is 1.96. The first-order valence-corrected chi connectivity index (χ1v) is 9.53. The van der Waals surface area contributed by atoms with Crippen LogP contribution in [0, 0.1) is 0 Å². The van der Waals surface area contributed by atoms with Crippen LogP contribution in [0.1, 0.15) is 36.1 Å². The molecular formula is C22H30N3O+. The highest BCUT2D eigenvalue weighted by atomic mass is 16.1. The Morgan fingerprint density at radius 3 is 2.46 bits per heavy atom. The fourth-order valence-corrected chi connectivity index (χ4v) is 3.74. The smallest absolute Gasteiger partial charge is 0.219 e. The number of rotatable bonds is 6. The van der Waals surface area contributed by atoms with Gasteiger partial charge in [0.25, 0.3) is 0 Å². The highest BCUT2D eigenvalue weighted by Crippen LogP contribution is 2.18. The minimum absolute atomic E-state index is 0.122. The average Bonchev–Trinajstić information content (AvgIpc) is 2.68. The molecule has 2 atom stereocenters. The van der Waals surface area contributed by atoms with Gasteiger partial charge in [0.1, 0.15) is 12.6 Å². The monoisotopic (exact) mass is 352 g/mol. The number of nitrogens with one attached hydrogen (secondary N) is 2. The molecule has 1 heterocycles. The zero-order valence-corrected chi connectivity index (χ0v) is 16.1. The van der Waals surface area contributed by atoms with Gasteiger partial charge in [-0.25, -0.2) is 0 Å². The van der Waals surface area contributed by atoms with Crippen LogP contribution in [0.2, 0.25) is 0 Å². The third kappa shape index (κ3) is 4.25. The molecule has 1 aliphatic rings. The molecule has 1 amide bonds. The van der Waals surface area contributed by atoms with Crippen molar-refractivity contribution in [3.63, 3.8) is 0 Å². The van der Waals surface area contributed by atoms with E-state index in [-0.39, 0.29) is 11.9 Å². The maximum absolute atomic E-state index is 11.8. The summed E-state index contributed by atoms with van der Waals surface area (Å²) >= 11 is 0. The van der Waals surface area contributed by atoms with Crippen molar-refractivity contribution in [2.45, 2.75) is 32.4 Å². The molecule has 0 radical (unpaired) electrons. The number of anilines is 1. The third-order valence-corrected chi connectivity index (χ3v) is 5.38. The Kier molecular flexibility index (Phi) is 5.94. The summed E-state index contributed by atoms with van der Waals surface area (Å²) in [7, 11) is 4.11. The highest BCUT2D eigenvalue weighted by Gasteiger charge is 2.28. The molecule has 0 saturated carbocycles. The Labute approximate surface area is 156 Å². The average molecular weight is 353 g/mol. The Balaban J connectivity index is 1.82. The molecule has 0 spiro atoms. The minimum atomic E-state index is 0.122. The summed E-state index contributed by atoms with van der Waals surface area (Å²) in [5.74, 6) is 0.122. The lowest BCUT2D eigenvalue weighted by molar-refractivity contribution is -0.945. The van der Waals surface area contributed by atoms with E-state index in [4.69, 9.17) is 0 Å². The fraction of sp³-hybridized carbons (Fsp3) is 0.409. The number of carbonyl (C=O) groups is 1. The Morgan fingerprint density at radius 1 is 1.12 bits per heavy atom. The molecule has 26 heavy (non-hydrogen) atoms. The molecule has 2 aromatic rings. The number of amides is 1. The number of hydrogen-bond donors (Lipinski definition) is 2. The van der Waals surface area contributed by atoms with E-state index in [1.165, 1.54) is 27.3 Å². The van der Waals surface area contributed by atoms with Gasteiger partial charge in [0, 0.05) is 43.8 Å². The molecule has 138 valence electrons. The standard InChI is InChI=1S/C22H29N3O/c1-4-22(26)23-15-21(18-9-11-20(12-10-18)24(2)3)25-14-13-17-7-5-6-8-19(17)16-25/h5-12,21H,4,13-16H2,1-3H3,(H,23,26)/p+1/t21-/m1/s1. The maximum Gasteiger partial charge on any atom is 0.219 e. The molecule has 2 N–H and O–H groups in total. The van der Waals surface area contributed by atoms with Crippen molar-refractivity contribution in [2.75, 3.05) is 32.1 Å². The van der Waals surface area contributed by atoms with Gasteiger partial charge in [-0.3, -0.25) is 4.79 Å². The lowest BCUT2D eigenvalue weighted by Gasteiger charge is -2.33. The van der Waals surface area contributed by atoms with Crippen molar-refractivity contribution < 1.29 is 9.69 Å². The molecule has 1 aliphatic heterocycles. The summed E-state index contributed by atoms with van der Waals surface area (Å²) in [6.07, 6.45) is 1.63. The van der Waals surface area contributed by atoms with Crippen molar-refractivity contribution in [2.24, 2.45) is 0 Å². The van der Waals surface area contributed by atoms with Crippen LogP contribution in [-0.4, -0.2) is 33.1 Å². The summed E-state index contributed by atoms with van der Waals surface area (Å²) in [5, 5.41) is 3.12. The van der Waals surface area contributed by atoms with Crippen molar-refractivity contribution in [3.8, 4) is 0 Å². The number of quaternary nitrogens is 1. The first-order valence-electron chi connectivity index (χ1n) is 9.53. The molecule has 4 heteroatoms. The lowest BCUT2D eigenvalue weighted by Crippen LogP contribution is -3.12. The Hall–Kier alpha value is -2.33. The summed E-state index contributed by atoms with van der Waals surface area (Å²) in [6.45, 7) is 4.70. The first-order chi connectivity index (χ1) is 12.6. The lowest BCUT2D eigenvalue weighted by atomic mass is 9.96. The molecule has 3 rings (SSSR count). The van der Waals surface area contributed by atoms with Gasteiger partial charge in [0.05, 0.1) is 13.1 Å². The van der Waals surface area contributed by atoms with Crippen molar-refractivity contribution in [3.05, 3.63) is 65.2 Å². The zero-order valence-electron chi connectivity index (χ0n) is 16.1. The quantitative estimate of drug-likeness (QED) is 0.834. The van der Waals surface area contributed by atoms with Gasteiger partial charge >= 0.3 is 0 Å². The molecule has 1 unspecified atom stereocenters. The van der Waals surface area contributed by atoms with Crippen LogP contribution in [0.4, 0.5) is 5.69 Å². The van der Waals surface area contributed by atoms with E-state index in [9.17, 15) is 4.79 Å². The SMILES string of the molecule is CCC(=O)NC[C@H](c1ccc(N(C)C)cc1)[NH+]1CCc2ccccc2C1. The number of carbonyl (C=O) groups excluding carboxylic acids is 1. The van der Waals surface area contributed by atoms with Crippen LogP contribution in [0.3, 0.4) is 0 Å². The largest absolute Gasteiger partial charge is 0.378 e. The highest BCUT2D eigenvalue weighted by molar-refractivity contribution is 5.75. The predicted molar refractivity (Wildman–Crippen MR) is 106 cm³/mol. The van der Waals surface area contributed by atoms with Crippen LogP contribution in [0.5, 0.6) is 0 Å². The Bertz CT molecular complexity index is 739. The molecule has 2 aromatic carbocycles. The number of nitrogens with zero attached hydrogens (tertiary/aromatic N) is 1. The number of hydrogen-bond acceptors (Lipinski definition) is 2. The molecule has 0 aliphatic carbocycles. The molecule has 0 saturated heterocycles. The van der Waals surface area contributed by atoms with E-state index in [0.29, 0.717) is 13.0 Å². The van der Waals surface area contributed by atoms with Crippen LogP contribution in [0.25, 0.3) is 0 Å². The van der Waals surface area contributed by atoms with E-state index in [1.54, 1.807) is 0 Å². The second kappa shape index (κ2) is 8.37. The van der Waals surface area contributed by atoms with Crippen molar-refractivity contribution in [1.29, 1.82) is 0 Å². The van der Waals surface area contributed by atoms with Crippen molar-refractivity contribution >= 4 is 11.6 Å². The van der Waals surface area contributed by atoms with Gasteiger partial charge in [-0.1, -0.05) is 43.3 Å². The third-order valence-electron chi connectivity index (χ3n) is 5.38. The van der Waals surface area contributed by atoms with E-state index in [1.807, 2.05) is 6.92 Å². The Morgan fingerprint density at radius 2 is 1.81 bits per heavy atom. The van der Waals surface area contributed by atoms with Crippen LogP contribution >= 0.6 is 0 Å². The molecular weight excluding hydrogens is 322 g/mol. The maximum atomic E-state index is 11.8. The number of benzene rings is 2. The summed E-state index contributed by atoms with van der Waals surface area (Å²) in [4.78, 5) is 15.5. The van der Waals surface area contributed by atoms with E-state index < -0.39 is 0 Å². The normalized spacial score (nSPS) is 17.3. The topological polar surface area (TPSA) is 36.8 Å². The van der Waals surface area contributed by atoms with Gasteiger partial charge in [-0.05, 0) is 17.7 Å². The number of fused-ring (bicyclic) bond motifs is 1. The van der Waals surface area contributed by atoms with Crippen molar-refractivity contribution in [1.82, 2.24) is 5.32 Å². The molecule has 4 nitrogen and oxygen atoms in total. The fourth-order valence-electron chi connectivity index (χ4n) is 3.74. The van der Waals surface area contributed by atoms with E-state index in [2.05, 4.69) is 72.8 Å². The van der Waals surface area contributed by atoms with Gasteiger partial charge < -0.3 is 15.1 Å². The van der Waals surface area contributed by atoms with Crippen LogP contribution < -0.4 is 15.1 Å². The van der Waals surface area contributed by atoms with Gasteiger partial charge in [-0.2, -0.15) is 0 Å². The van der Waals surface area contributed by atoms with Gasteiger partial charge in [0.2, 0.25) is 5.91 Å². The zero-order chi connectivity index (χ0) is 18.5. The molecule has 0 fully saturated rings. The van der Waals surface area contributed by atoms with E-state index >= 15 is 0 Å². The molecule has 0 aromatic heterocycles. The summed E-state index contributed by atoms with van der Waals surface area (Å²) < 4.78 is 0. The minimum Gasteiger partial charge on any atom is -0.378 e. The van der Waals surface area contributed by atoms with Crippen LogP contribution in [0.15, 0.2) is 48.5 Å². The van der Waals surface area contributed by atoms with E-state index in [0.717, 1.165) is 19.5 Å². The van der Waals surface area contributed by atoms with Crippen LogP contribution in [-0.2, 0) is 17.8 Å². The summed E-state index contributed by atoms with van der Waals surface area (Å²) in [5.41, 5.74) is 5.39. The summed E-state index contributed by atoms with van der Waals surface area (Å²) in [6, 6.07) is 17.8. The first kappa shape index (κ1) is 18.5. The van der Waals surface area contributed by atoms with Gasteiger partial charge in [-0.15, -0.1) is 0 Å². The second-order valence-corrected chi connectivity index (χ2v) is 7.30. The molecule has 0 bridgehead atoms. The van der Waals surface area contributed by atoms with Gasteiger partial charge in [0.15, 0.2) is 0 Å².